The Labute approximate surface area is 583 Å². The van der Waals surface area contributed by atoms with Gasteiger partial charge in [-0.25, -0.2) is 4.79 Å². The molecular weight excluding hydrogens is 1280 g/mol. The Morgan fingerprint density at radius 3 is 1.26 bits per heavy atom. The average molecular weight is 1390 g/mol. The molecule has 0 radical (unpaired) electrons. The Morgan fingerprint density at radius 2 is 0.808 bits per heavy atom. The fraction of sp³-hybridized carbons (Fsp3) is 0.652. The summed E-state index contributed by atoms with van der Waals surface area (Å²) in [5.41, 5.74) is 30.0. The number of benzene rings is 2. The van der Waals surface area contributed by atoms with Gasteiger partial charge >= 0.3 is 5.97 Å². The first-order chi connectivity index (χ1) is 46.6. The van der Waals surface area contributed by atoms with Gasteiger partial charge in [-0.15, -0.1) is 0 Å². The van der Waals surface area contributed by atoms with Crippen molar-refractivity contribution in [2.24, 2.45) is 63.3 Å². The molecular formula is C69H116N16O14. The number of carbonyl (C=O) groups is 11. The fourth-order valence-corrected chi connectivity index (χ4v) is 10.7. The number of aliphatic hydroxyl groups is 1. The second-order valence-electron chi connectivity index (χ2n) is 27.2. The Bertz CT molecular complexity index is 2910. The molecule has 23 N–H and O–H groups in total. The molecule has 0 heterocycles. The van der Waals surface area contributed by atoms with Crippen molar-refractivity contribution in [3.8, 4) is 5.75 Å². The maximum atomic E-state index is 14.8. The number of rotatable bonds is 47. The number of carboxylic acid groups (broad SMARTS) is 1. The quantitative estimate of drug-likeness (QED) is 0.0235. The van der Waals surface area contributed by atoms with Gasteiger partial charge in [0, 0.05) is 19.4 Å². The zero-order valence-corrected chi connectivity index (χ0v) is 59.7. The molecule has 13 atom stereocenters. The van der Waals surface area contributed by atoms with Crippen LogP contribution in [0.5, 0.6) is 5.75 Å². The molecule has 10 amide bonds. The molecule has 556 valence electrons. The van der Waals surface area contributed by atoms with Crippen molar-refractivity contribution < 1.29 is 68.1 Å². The standard InChI is InChI=1S/C69H116N16O14/c1-12-42(10)56(66(96)78-48(23-16-18-30-70)59(89)81-53(36-44-21-14-13-15-22-44)63(93)80-51(34-39(4)5)62(92)82-54(68(98)99)37-45-26-28-46(87)29-27-45)84-64(94)52(35-40(6)7)79-60(90)50(25-20-32-75-69(73)74)77-65(95)55(41(8)9)83-67(97)57(43(11)86)85-61(91)49(24-17-19-31-71)76-58(88)47(72)33-38(2)3/h13-15,21-22,26-29,38-43,47-57,86-87H,12,16-20,23-25,30-37,70-72H2,1-11H3,(H,76,88)(H,77,95)(H,78,96)(H,79,90)(H,80,93)(H,81,89)(H,82,92)(H,83,97)(H,84,94)(H,85,91)(H,98,99)(H4,73,74,75)/t42-,43+,47-,48-,49-,50-,51-,52-,53-,54-,55-,56-,57-/m0/s1. The number of aromatic hydroxyl groups is 1. The van der Waals surface area contributed by atoms with E-state index in [4.69, 9.17) is 28.7 Å². The molecule has 0 saturated heterocycles. The highest BCUT2D eigenvalue weighted by atomic mass is 16.4. The van der Waals surface area contributed by atoms with E-state index < -0.39 is 149 Å². The third-order valence-corrected chi connectivity index (χ3v) is 16.5. The van der Waals surface area contributed by atoms with Gasteiger partial charge in [0.2, 0.25) is 59.1 Å². The molecule has 0 aliphatic rings. The van der Waals surface area contributed by atoms with Crippen molar-refractivity contribution in [2.45, 2.75) is 239 Å². The predicted octanol–water partition coefficient (Wildman–Crippen LogP) is -0.0299. The van der Waals surface area contributed by atoms with Crippen molar-refractivity contribution in [1.82, 2.24) is 53.2 Å². The lowest BCUT2D eigenvalue weighted by Crippen LogP contribution is -2.62. The van der Waals surface area contributed by atoms with Crippen molar-refractivity contribution in [3.05, 3.63) is 65.7 Å². The molecule has 0 fully saturated rings. The summed E-state index contributed by atoms with van der Waals surface area (Å²) in [6.45, 7) is 19.5. The van der Waals surface area contributed by atoms with Crippen LogP contribution >= 0.6 is 0 Å². The summed E-state index contributed by atoms with van der Waals surface area (Å²) in [4.78, 5) is 159. The van der Waals surface area contributed by atoms with Gasteiger partial charge in [-0.3, -0.25) is 52.9 Å². The topological polar surface area (TPSA) is 511 Å². The molecule has 0 unspecified atom stereocenters. The van der Waals surface area contributed by atoms with Crippen LogP contribution in [-0.4, -0.2) is 179 Å². The summed E-state index contributed by atoms with van der Waals surface area (Å²) in [5.74, 6) is -11.2. The number of hydrogen-bond acceptors (Lipinski definition) is 17. The molecule has 0 aromatic heterocycles. The van der Waals surface area contributed by atoms with E-state index in [9.17, 15) is 68.1 Å². The summed E-state index contributed by atoms with van der Waals surface area (Å²) in [5, 5.41) is 57.7. The van der Waals surface area contributed by atoms with E-state index in [-0.39, 0.29) is 93.9 Å². The summed E-state index contributed by atoms with van der Waals surface area (Å²) in [6, 6.07) is -0.0306. The number of nitrogens with zero attached hydrogens (tertiary/aromatic N) is 1. The van der Waals surface area contributed by atoms with Crippen molar-refractivity contribution >= 4 is 71.0 Å². The van der Waals surface area contributed by atoms with Gasteiger partial charge in [0.1, 0.15) is 66.2 Å². The smallest absolute Gasteiger partial charge is 0.326 e. The zero-order chi connectivity index (χ0) is 74.6. The van der Waals surface area contributed by atoms with Gasteiger partial charge < -0.3 is 97.2 Å². The molecule has 30 nitrogen and oxygen atoms in total. The van der Waals surface area contributed by atoms with E-state index in [0.29, 0.717) is 56.2 Å². The summed E-state index contributed by atoms with van der Waals surface area (Å²) < 4.78 is 0. The minimum Gasteiger partial charge on any atom is -0.508 e. The SMILES string of the molecule is CC[C@H](C)[C@H](NC(=O)[C@H](CC(C)C)NC(=O)[C@H](CCCN=C(N)N)NC(=O)[C@@H](NC(=O)[C@@H](NC(=O)[C@H](CCCCN)NC(=O)[C@@H](N)CC(C)C)[C@@H](C)O)C(C)C)C(=O)N[C@@H](CCCCN)C(=O)N[C@@H](Cc1ccccc1)C(=O)N[C@@H](CC(C)C)C(=O)N[C@@H](Cc1ccc(O)cc1)C(=O)O. The zero-order valence-electron chi connectivity index (χ0n) is 59.7. The second kappa shape index (κ2) is 45.2. The Kier molecular flexibility index (Phi) is 39.6. The average Bonchev–Trinajstić information content (AvgIpc) is 0.861. The number of aliphatic hydroxyl groups excluding tert-OH is 1. The third-order valence-electron chi connectivity index (χ3n) is 16.5. The van der Waals surface area contributed by atoms with Crippen molar-refractivity contribution in [1.29, 1.82) is 0 Å². The summed E-state index contributed by atoms with van der Waals surface area (Å²) in [6.07, 6.45) is 0.933. The van der Waals surface area contributed by atoms with Crippen LogP contribution in [0, 0.1) is 29.6 Å². The highest BCUT2D eigenvalue weighted by molar-refractivity contribution is 5.99. The number of aliphatic imine (C=N–C) groups is 1. The lowest BCUT2D eigenvalue weighted by Gasteiger charge is -2.31. The number of phenolic OH excluding ortho intramolecular Hbond substituents is 1. The predicted molar refractivity (Wildman–Crippen MR) is 377 cm³/mol. The maximum Gasteiger partial charge on any atom is 0.326 e. The van der Waals surface area contributed by atoms with Crippen molar-refractivity contribution in [3.63, 3.8) is 0 Å². The first-order valence-electron chi connectivity index (χ1n) is 34.6. The van der Waals surface area contributed by atoms with Gasteiger partial charge in [-0.1, -0.05) is 118 Å². The molecule has 30 heteroatoms. The van der Waals surface area contributed by atoms with Crippen LogP contribution in [0.4, 0.5) is 0 Å². The number of carbonyl (C=O) groups excluding carboxylic acids is 10. The number of phenols is 1. The Balaban J connectivity index is 2.53. The molecule has 0 spiro atoms. The molecule has 2 rings (SSSR count). The number of amides is 10. The number of aliphatic carboxylic acids is 1. The van der Waals surface area contributed by atoms with E-state index in [0.717, 1.165) is 0 Å². The number of nitrogens with two attached hydrogens (primary N) is 5. The number of guanidine groups is 1. The van der Waals surface area contributed by atoms with E-state index in [2.05, 4.69) is 58.2 Å². The molecule has 99 heavy (non-hydrogen) atoms. The third kappa shape index (κ3) is 32.8. The van der Waals surface area contributed by atoms with E-state index in [1.807, 2.05) is 27.7 Å². The Hall–Kier alpha value is -8.48. The largest absolute Gasteiger partial charge is 0.508 e. The molecule has 0 aliphatic carbocycles. The molecule has 0 aliphatic heterocycles. The van der Waals surface area contributed by atoms with Gasteiger partial charge in [0.25, 0.3) is 0 Å². The fourth-order valence-electron chi connectivity index (χ4n) is 10.7. The molecule has 2 aromatic carbocycles. The lowest BCUT2D eigenvalue weighted by molar-refractivity contribution is -0.142. The van der Waals surface area contributed by atoms with Crippen LogP contribution < -0.4 is 81.8 Å². The second-order valence-corrected chi connectivity index (χ2v) is 27.2. The number of hydrogen-bond donors (Lipinski definition) is 18. The maximum absolute atomic E-state index is 14.8. The minimum atomic E-state index is -1.64. The van der Waals surface area contributed by atoms with Crippen molar-refractivity contribution in [2.75, 3.05) is 19.6 Å². The summed E-state index contributed by atoms with van der Waals surface area (Å²) in [7, 11) is 0. The van der Waals surface area contributed by atoms with Crippen LogP contribution in [0.15, 0.2) is 59.6 Å². The van der Waals surface area contributed by atoms with Gasteiger partial charge in [0.15, 0.2) is 5.96 Å². The van der Waals surface area contributed by atoms with Gasteiger partial charge in [-0.05, 0) is 143 Å². The Morgan fingerprint density at radius 1 is 0.434 bits per heavy atom. The minimum absolute atomic E-state index is 0.0196. The molecule has 2 aromatic rings. The summed E-state index contributed by atoms with van der Waals surface area (Å²) >= 11 is 0. The van der Waals surface area contributed by atoms with Crippen LogP contribution in [0.2, 0.25) is 0 Å². The number of carboxylic acids is 1. The lowest BCUT2D eigenvalue weighted by atomic mass is 9.95. The van der Waals surface area contributed by atoms with Crippen LogP contribution in [0.1, 0.15) is 164 Å². The highest BCUT2D eigenvalue weighted by Crippen LogP contribution is 2.18. The van der Waals surface area contributed by atoms with Crippen LogP contribution in [0.25, 0.3) is 0 Å². The molecule has 0 bridgehead atoms. The molecule has 0 saturated carbocycles. The van der Waals surface area contributed by atoms with E-state index in [1.54, 1.807) is 71.9 Å². The normalized spacial score (nSPS) is 15.3. The number of nitrogens with one attached hydrogen (secondary N) is 10. The van der Waals surface area contributed by atoms with E-state index in [1.165, 1.54) is 31.2 Å². The first-order valence-corrected chi connectivity index (χ1v) is 34.6. The van der Waals surface area contributed by atoms with Gasteiger partial charge in [0.05, 0.1) is 12.1 Å². The van der Waals surface area contributed by atoms with Gasteiger partial charge in [-0.2, -0.15) is 0 Å². The number of unbranched alkanes of at least 4 members (excludes halogenated alkanes) is 2. The van der Waals surface area contributed by atoms with Crippen LogP contribution in [0.3, 0.4) is 0 Å². The first kappa shape index (κ1) is 86.6. The van der Waals surface area contributed by atoms with E-state index >= 15 is 0 Å². The van der Waals surface area contributed by atoms with Crippen LogP contribution in [-0.2, 0) is 65.6 Å². The highest BCUT2D eigenvalue weighted by Gasteiger charge is 2.39. The monoisotopic (exact) mass is 1390 g/mol.